The second kappa shape index (κ2) is 11.4. The van der Waals surface area contributed by atoms with E-state index in [1.54, 1.807) is 12.4 Å². The highest BCUT2D eigenvalue weighted by Gasteiger charge is 2.35. The Morgan fingerprint density at radius 2 is 1.64 bits per heavy atom. The highest BCUT2D eigenvalue weighted by atomic mass is 16.2. The molecule has 8 heteroatoms. The summed E-state index contributed by atoms with van der Waals surface area (Å²) in [6, 6.07) is 0.333. The van der Waals surface area contributed by atoms with Gasteiger partial charge in [0.05, 0.1) is 11.9 Å². The smallest absolute Gasteiger partial charge is 0.274 e. The number of likely N-dealkylation sites (tertiary alicyclic amines) is 2. The first kappa shape index (κ1) is 24.1. The van der Waals surface area contributed by atoms with Crippen LogP contribution >= 0.6 is 0 Å². The number of piperidine rings is 2. The SMILES string of the molecule is CCN1CCN(CCC(=O)N2CCCC[C@H]2C2CCN(C(=O)c3cnc(C)cn3)CC2)CC1. The van der Waals surface area contributed by atoms with Crippen LogP contribution in [0.3, 0.4) is 0 Å². The van der Waals surface area contributed by atoms with Gasteiger partial charge in [-0.25, -0.2) is 4.98 Å². The summed E-state index contributed by atoms with van der Waals surface area (Å²) in [6.07, 6.45) is 9.18. The Kier molecular flexibility index (Phi) is 8.30. The van der Waals surface area contributed by atoms with Gasteiger partial charge in [-0.15, -0.1) is 0 Å². The number of likely N-dealkylation sites (N-methyl/N-ethyl adjacent to an activating group) is 1. The van der Waals surface area contributed by atoms with Crippen molar-refractivity contribution in [2.75, 3.05) is 58.9 Å². The second-order valence-electron chi connectivity index (χ2n) is 9.85. The molecule has 4 heterocycles. The van der Waals surface area contributed by atoms with Crippen LogP contribution in [-0.4, -0.2) is 106 Å². The first-order valence-corrected chi connectivity index (χ1v) is 12.9. The van der Waals surface area contributed by atoms with Crippen LogP contribution < -0.4 is 0 Å². The minimum absolute atomic E-state index is 0.0271. The van der Waals surface area contributed by atoms with Crippen LogP contribution in [-0.2, 0) is 4.79 Å². The lowest BCUT2D eigenvalue weighted by molar-refractivity contribution is -0.137. The summed E-state index contributed by atoms with van der Waals surface area (Å²) < 4.78 is 0. The maximum Gasteiger partial charge on any atom is 0.274 e. The van der Waals surface area contributed by atoms with E-state index in [9.17, 15) is 9.59 Å². The Morgan fingerprint density at radius 3 is 2.30 bits per heavy atom. The van der Waals surface area contributed by atoms with Gasteiger partial charge in [-0.05, 0) is 51.5 Å². The van der Waals surface area contributed by atoms with Crippen molar-refractivity contribution in [3.8, 4) is 0 Å². The van der Waals surface area contributed by atoms with E-state index in [0.717, 1.165) is 90.3 Å². The van der Waals surface area contributed by atoms with Crippen molar-refractivity contribution >= 4 is 11.8 Å². The van der Waals surface area contributed by atoms with Crippen LogP contribution in [0.25, 0.3) is 0 Å². The molecular formula is C25H40N6O2. The van der Waals surface area contributed by atoms with Gasteiger partial charge in [0.15, 0.2) is 0 Å². The molecule has 2 amide bonds. The molecule has 0 saturated carbocycles. The number of hydrogen-bond donors (Lipinski definition) is 0. The highest BCUT2D eigenvalue weighted by molar-refractivity contribution is 5.92. The van der Waals surface area contributed by atoms with Crippen molar-refractivity contribution in [2.24, 2.45) is 5.92 Å². The zero-order valence-electron chi connectivity index (χ0n) is 20.4. The molecule has 1 atom stereocenters. The minimum atomic E-state index is -0.0271. The Balaban J connectivity index is 1.27. The maximum absolute atomic E-state index is 13.2. The molecule has 3 aliphatic rings. The molecule has 0 aliphatic carbocycles. The number of piperazine rings is 1. The van der Waals surface area contributed by atoms with Crippen LogP contribution in [0.2, 0.25) is 0 Å². The quantitative estimate of drug-likeness (QED) is 0.652. The van der Waals surface area contributed by atoms with Crippen LogP contribution in [0.4, 0.5) is 0 Å². The summed E-state index contributed by atoms with van der Waals surface area (Å²) in [5.74, 6) is 0.780. The zero-order valence-corrected chi connectivity index (χ0v) is 20.4. The molecule has 0 unspecified atom stereocenters. The molecule has 8 nitrogen and oxygen atoms in total. The number of rotatable bonds is 6. The molecule has 3 aliphatic heterocycles. The number of nitrogens with zero attached hydrogens (tertiary/aromatic N) is 6. The van der Waals surface area contributed by atoms with Crippen LogP contribution in [0, 0.1) is 12.8 Å². The van der Waals surface area contributed by atoms with Gasteiger partial charge >= 0.3 is 0 Å². The van der Waals surface area contributed by atoms with E-state index < -0.39 is 0 Å². The van der Waals surface area contributed by atoms with Crippen molar-refractivity contribution in [1.82, 2.24) is 29.6 Å². The van der Waals surface area contributed by atoms with Crippen LogP contribution in [0.15, 0.2) is 12.4 Å². The summed E-state index contributed by atoms with van der Waals surface area (Å²) >= 11 is 0. The summed E-state index contributed by atoms with van der Waals surface area (Å²) in [6.45, 7) is 12.8. The third kappa shape index (κ3) is 6.09. The standard InChI is InChI=1S/C25H40N6O2/c1-3-28-14-16-29(17-15-28)11-9-24(32)31-10-5-4-6-23(31)21-7-12-30(13-8-21)25(33)22-19-26-20(2)18-27-22/h18-19,21,23H,3-17H2,1-2H3/t23-/m0/s1. The minimum Gasteiger partial charge on any atom is -0.339 e. The number of hydrogen-bond acceptors (Lipinski definition) is 6. The Bertz CT molecular complexity index is 785. The molecule has 33 heavy (non-hydrogen) atoms. The van der Waals surface area contributed by atoms with E-state index in [1.807, 2.05) is 11.8 Å². The molecule has 0 radical (unpaired) electrons. The Labute approximate surface area is 198 Å². The lowest BCUT2D eigenvalue weighted by Gasteiger charge is -2.44. The largest absolute Gasteiger partial charge is 0.339 e. The van der Waals surface area contributed by atoms with E-state index in [4.69, 9.17) is 0 Å². The summed E-state index contributed by atoms with van der Waals surface area (Å²) in [7, 11) is 0. The summed E-state index contributed by atoms with van der Waals surface area (Å²) in [5.41, 5.74) is 1.24. The predicted molar refractivity (Wildman–Crippen MR) is 128 cm³/mol. The molecular weight excluding hydrogens is 416 g/mol. The summed E-state index contributed by atoms with van der Waals surface area (Å²) in [4.78, 5) is 43.5. The van der Waals surface area contributed by atoms with Gasteiger partial charge in [-0.1, -0.05) is 6.92 Å². The molecule has 3 fully saturated rings. The average Bonchev–Trinajstić information content (AvgIpc) is 2.87. The van der Waals surface area contributed by atoms with Gasteiger partial charge in [-0.2, -0.15) is 0 Å². The molecule has 1 aromatic rings. The number of carbonyl (C=O) groups excluding carboxylic acids is 2. The molecule has 1 aromatic heterocycles. The number of aryl methyl sites for hydroxylation is 1. The van der Waals surface area contributed by atoms with Crippen molar-refractivity contribution in [3.05, 3.63) is 23.8 Å². The lowest BCUT2D eigenvalue weighted by atomic mass is 9.83. The second-order valence-corrected chi connectivity index (χ2v) is 9.85. The van der Waals surface area contributed by atoms with Gasteiger partial charge in [-0.3, -0.25) is 14.6 Å². The highest BCUT2D eigenvalue weighted by Crippen LogP contribution is 2.31. The van der Waals surface area contributed by atoms with Gasteiger partial charge < -0.3 is 19.6 Å². The maximum atomic E-state index is 13.2. The molecule has 0 aromatic carbocycles. The van der Waals surface area contributed by atoms with E-state index in [-0.39, 0.29) is 5.91 Å². The topological polar surface area (TPSA) is 72.9 Å². The monoisotopic (exact) mass is 456 g/mol. The van der Waals surface area contributed by atoms with Gasteiger partial charge in [0, 0.05) is 71.0 Å². The molecule has 3 saturated heterocycles. The third-order valence-corrected chi connectivity index (χ3v) is 7.79. The van der Waals surface area contributed by atoms with Crippen molar-refractivity contribution in [1.29, 1.82) is 0 Å². The van der Waals surface area contributed by atoms with Crippen LogP contribution in [0.1, 0.15) is 61.6 Å². The van der Waals surface area contributed by atoms with E-state index in [0.29, 0.717) is 30.0 Å². The summed E-state index contributed by atoms with van der Waals surface area (Å²) in [5, 5.41) is 0. The van der Waals surface area contributed by atoms with Gasteiger partial charge in [0.2, 0.25) is 5.91 Å². The van der Waals surface area contributed by atoms with Crippen molar-refractivity contribution in [2.45, 2.75) is 58.4 Å². The predicted octanol–water partition coefficient (Wildman–Crippen LogP) is 2.05. The number of carbonyl (C=O) groups is 2. The van der Waals surface area contributed by atoms with E-state index in [1.165, 1.54) is 6.42 Å². The fraction of sp³-hybridized carbons (Fsp3) is 0.760. The normalized spacial score (nSPS) is 23.6. The van der Waals surface area contributed by atoms with Crippen LogP contribution in [0.5, 0.6) is 0 Å². The van der Waals surface area contributed by atoms with Crippen molar-refractivity contribution in [3.63, 3.8) is 0 Å². The molecule has 0 N–H and O–H groups in total. The average molecular weight is 457 g/mol. The fourth-order valence-corrected chi connectivity index (χ4v) is 5.64. The zero-order chi connectivity index (χ0) is 23.2. The molecule has 0 bridgehead atoms. The van der Waals surface area contributed by atoms with Gasteiger partial charge in [0.1, 0.15) is 5.69 Å². The van der Waals surface area contributed by atoms with E-state index in [2.05, 4.69) is 31.6 Å². The fourth-order valence-electron chi connectivity index (χ4n) is 5.64. The first-order valence-electron chi connectivity index (χ1n) is 12.9. The van der Waals surface area contributed by atoms with Crippen molar-refractivity contribution < 1.29 is 9.59 Å². The molecule has 182 valence electrons. The Hall–Kier alpha value is -2.06. The molecule has 0 spiro atoms. The lowest BCUT2D eigenvalue weighted by Crippen LogP contribution is -2.52. The Morgan fingerprint density at radius 1 is 0.909 bits per heavy atom. The third-order valence-electron chi connectivity index (χ3n) is 7.79. The van der Waals surface area contributed by atoms with Gasteiger partial charge in [0.25, 0.3) is 5.91 Å². The first-order chi connectivity index (χ1) is 16.0. The molecule has 4 rings (SSSR count). The number of amides is 2. The van der Waals surface area contributed by atoms with E-state index >= 15 is 0 Å². The number of aromatic nitrogens is 2.